The number of carbonyl (C=O) groups excluding carboxylic acids is 1. The number of nitrogens with zero attached hydrogens (tertiary/aromatic N) is 2. The van der Waals surface area contributed by atoms with Gasteiger partial charge in [0, 0.05) is 37.5 Å². The fraction of sp³-hybridized carbons (Fsp3) is 0.462. The summed E-state index contributed by atoms with van der Waals surface area (Å²) in [5, 5.41) is 8.06. The standard InChI is InChI=1S/C23H24N2O3.C3H8O/c26-22-18-6-7-21-19(13-25(15-28-21)12-16-8-10-24-11-9-16)23(18)27-14-20(22)17-4-2-1-3-5-17;1-3(2)4/h1-5,8-11,14,18-19,21,23H,6-7,12-13,15H2;3-4H,1-2H3. The third-order valence-corrected chi connectivity index (χ3v) is 6.18. The maximum absolute atomic E-state index is 13.2. The molecule has 2 aromatic rings. The van der Waals surface area contributed by atoms with Crippen molar-refractivity contribution in [2.24, 2.45) is 11.8 Å². The van der Waals surface area contributed by atoms with Crippen LogP contribution in [0.2, 0.25) is 0 Å². The van der Waals surface area contributed by atoms with Gasteiger partial charge in [0.15, 0.2) is 5.78 Å². The summed E-state index contributed by atoms with van der Waals surface area (Å²) >= 11 is 0. The van der Waals surface area contributed by atoms with Gasteiger partial charge < -0.3 is 14.6 Å². The van der Waals surface area contributed by atoms with Crippen LogP contribution in [-0.2, 0) is 20.8 Å². The number of aromatic nitrogens is 1. The van der Waals surface area contributed by atoms with Crippen LogP contribution >= 0.6 is 0 Å². The minimum absolute atomic E-state index is 0.0778. The van der Waals surface area contributed by atoms with Crippen LogP contribution in [0.15, 0.2) is 61.1 Å². The molecule has 2 fully saturated rings. The fourth-order valence-electron chi connectivity index (χ4n) is 4.78. The second kappa shape index (κ2) is 10.4. The lowest BCUT2D eigenvalue weighted by atomic mass is 9.71. The topological polar surface area (TPSA) is 71.9 Å². The van der Waals surface area contributed by atoms with Crippen molar-refractivity contribution in [1.29, 1.82) is 0 Å². The van der Waals surface area contributed by atoms with Gasteiger partial charge in [-0.25, -0.2) is 0 Å². The van der Waals surface area contributed by atoms with E-state index in [0.717, 1.165) is 31.5 Å². The van der Waals surface area contributed by atoms with Crippen molar-refractivity contribution in [2.45, 2.75) is 51.5 Å². The summed E-state index contributed by atoms with van der Waals surface area (Å²) in [6.07, 6.45) is 6.99. The summed E-state index contributed by atoms with van der Waals surface area (Å²) < 4.78 is 12.3. The summed E-state index contributed by atoms with van der Waals surface area (Å²) in [6, 6.07) is 13.9. The Balaban J connectivity index is 0.000000567. The van der Waals surface area contributed by atoms with E-state index >= 15 is 0 Å². The number of rotatable bonds is 3. The lowest BCUT2D eigenvalue weighted by Gasteiger charge is -2.48. The Hall–Kier alpha value is -2.54. The van der Waals surface area contributed by atoms with Crippen LogP contribution in [0.25, 0.3) is 5.57 Å². The van der Waals surface area contributed by atoms with Crippen molar-refractivity contribution < 1.29 is 19.4 Å². The third kappa shape index (κ3) is 5.26. The van der Waals surface area contributed by atoms with Crippen molar-refractivity contribution in [3.63, 3.8) is 0 Å². The highest BCUT2D eigenvalue weighted by Gasteiger charge is 2.48. The number of hydrogen-bond donors (Lipinski definition) is 1. The first-order valence-electron chi connectivity index (χ1n) is 11.4. The van der Waals surface area contributed by atoms with Crippen molar-refractivity contribution in [3.8, 4) is 0 Å². The van der Waals surface area contributed by atoms with E-state index in [9.17, 15) is 4.79 Å². The highest BCUT2D eigenvalue weighted by Crippen LogP contribution is 2.42. The zero-order chi connectivity index (χ0) is 22.5. The molecule has 6 heteroatoms. The molecular weight excluding hydrogens is 404 g/mol. The third-order valence-electron chi connectivity index (χ3n) is 6.18. The zero-order valence-corrected chi connectivity index (χ0v) is 18.8. The van der Waals surface area contributed by atoms with E-state index in [1.165, 1.54) is 5.56 Å². The van der Waals surface area contributed by atoms with Gasteiger partial charge in [-0.15, -0.1) is 0 Å². The van der Waals surface area contributed by atoms with Crippen LogP contribution in [0.1, 0.15) is 37.8 Å². The number of hydrogen-bond acceptors (Lipinski definition) is 6. The molecule has 0 spiro atoms. The quantitative estimate of drug-likeness (QED) is 0.792. The molecule has 2 aliphatic heterocycles. The maximum atomic E-state index is 13.2. The first-order valence-corrected chi connectivity index (χ1v) is 11.4. The first kappa shape index (κ1) is 22.6. The molecule has 0 bridgehead atoms. The number of ether oxygens (including phenoxy) is 2. The number of benzene rings is 1. The molecule has 3 aliphatic rings. The molecule has 1 aliphatic carbocycles. The summed E-state index contributed by atoms with van der Waals surface area (Å²) in [4.78, 5) is 19.6. The van der Waals surface area contributed by atoms with Crippen LogP contribution in [0.3, 0.4) is 0 Å². The average Bonchev–Trinajstić information content (AvgIpc) is 2.80. The number of pyridine rings is 1. The molecule has 1 aromatic heterocycles. The van der Waals surface area contributed by atoms with E-state index in [2.05, 4.69) is 9.88 Å². The Morgan fingerprint density at radius 1 is 1.12 bits per heavy atom. The SMILES string of the molecule is CC(C)O.O=C1C(c2ccccc2)=COC2C1CCC1OCN(Cc3ccncc3)CC12. The van der Waals surface area contributed by atoms with Gasteiger partial charge in [0.2, 0.25) is 0 Å². The first-order chi connectivity index (χ1) is 15.5. The molecule has 3 heterocycles. The molecule has 4 atom stereocenters. The highest BCUT2D eigenvalue weighted by molar-refractivity contribution is 6.22. The second-order valence-corrected chi connectivity index (χ2v) is 9.01. The zero-order valence-electron chi connectivity index (χ0n) is 18.8. The molecule has 4 unspecified atom stereocenters. The van der Waals surface area contributed by atoms with Crippen molar-refractivity contribution in [2.75, 3.05) is 13.3 Å². The van der Waals surface area contributed by atoms with Gasteiger partial charge in [-0.1, -0.05) is 30.3 Å². The largest absolute Gasteiger partial charge is 0.496 e. The minimum Gasteiger partial charge on any atom is -0.496 e. The Bertz CT molecular complexity index is 913. The Labute approximate surface area is 189 Å². The Kier molecular flexibility index (Phi) is 7.35. The van der Waals surface area contributed by atoms with Gasteiger partial charge in [0.25, 0.3) is 0 Å². The molecule has 32 heavy (non-hydrogen) atoms. The van der Waals surface area contributed by atoms with Crippen LogP contribution in [0.5, 0.6) is 0 Å². The molecule has 5 rings (SSSR count). The van der Waals surface area contributed by atoms with Crippen molar-refractivity contribution >= 4 is 11.4 Å². The van der Waals surface area contributed by atoms with E-state index in [4.69, 9.17) is 14.6 Å². The smallest absolute Gasteiger partial charge is 0.173 e. The number of allylic oxidation sites excluding steroid dienone is 1. The number of fused-ring (bicyclic) bond motifs is 3. The monoisotopic (exact) mass is 436 g/mol. The Morgan fingerprint density at radius 2 is 1.84 bits per heavy atom. The van der Waals surface area contributed by atoms with Gasteiger partial charge in [-0.05, 0) is 49.9 Å². The van der Waals surface area contributed by atoms with Crippen molar-refractivity contribution in [1.82, 2.24) is 9.88 Å². The fourth-order valence-corrected chi connectivity index (χ4v) is 4.78. The minimum atomic E-state index is -0.167. The molecule has 1 saturated heterocycles. The van der Waals surface area contributed by atoms with E-state index < -0.39 is 0 Å². The average molecular weight is 437 g/mol. The van der Waals surface area contributed by atoms with Gasteiger partial charge >= 0.3 is 0 Å². The summed E-state index contributed by atoms with van der Waals surface area (Å²) in [5.41, 5.74) is 2.86. The summed E-state index contributed by atoms with van der Waals surface area (Å²) in [5.74, 6) is 0.352. The predicted molar refractivity (Wildman–Crippen MR) is 122 cm³/mol. The number of aliphatic hydroxyl groups is 1. The van der Waals surface area contributed by atoms with Crippen molar-refractivity contribution in [3.05, 3.63) is 72.2 Å². The summed E-state index contributed by atoms with van der Waals surface area (Å²) in [7, 11) is 0. The molecule has 0 radical (unpaired) electrons. The van der Waals surface area contributed by atoms with Crippen LogP contribution < -0.4 is 0 Å². The van der Waals surface area contributed by atoms with Gasteiger partial charge in [0.05, 0.1) is 30.6 Å². The van der Waals surface area contributed by atoms with Crippen LogP contribution in [0.4, 0.5) is 0 Å². The second-order valence-electron chi connectivity index (χ2n) is 9.01. The van der Waals surface area contributed by atoms with E-state index in [-0.39, 0.29) is 35.9 Å². The highest BCUT2D eigenvalue weighted by atomic mass is 16.5. The molecule has 1 saturated carbocycles. The molecule has 170 valence electrons. The number of Topliss-reactive ketones (excluding diaryl/α,β-unsaturated/α-hetero) is 1. The maximum Gasteiger partial charge on any atom is 0.173 e. The summed E-state index contributed by atoms with van der Waals surface area (Å²) in [6.45, 7) is 5.78. The van der Waals surface area contributed by atoms with Crippen LogP contribution in [-0.4, -0.2) is 52.4 Å². The lowest BCUT2D eigenvalue weighted by Crippen LogP contribution is -2.56. The number of aliphatic hydroxyl groups excluding tert-OH is 1. The predicted octanol–water partition coefficient (Wildman–Crippen LogP) is 3.66. The molecule has 1 N–H and O–H groups in total. The van der Waals surface area contributed by atoms with Gasteiger partial charge in [-0.3, -0.25) is 14.7 Å². The van der Waals surface area contributed by atoms with Gasteiger partial charge in [-0.2, -0.15) is 0 Å². The van der Waals surface area contributed by atoms with Crippen LogP contribution in [0, 0.1) is 11.8 Å². The van der Waals surface area contributed by atoms with E-state index in [1.54, 1.807) is 20.1 Å². The lowest BCUT2D eigenvalue weighted by molar-refractivity contribution is -0.171. The molecule has 0 amide bonds. The van der Waals surface area contributed by atoms with E-state index in [0.29, 0.717) is 12.3 Å². The van der Waals surface area contributed by atoms with E-state index in [1.807, 2.05) is 54.9 Å². The molecular formula is C26H32N2O4. The molecule has 1 aromatic carbocycles. The molecule has 6 nitrogen and oxygen atoms in total. The number of ketones is 1. The normalized spacial score (nSPS) is 27.4. The Morgan fingerprint density at radius 3 is 2.56 bits per heavy atom. The number of carbonyl (C=O) groups is 1. The van der Waals surface area contributed by atoms with Gasteiger partial charge in [0.1, 0.15) is 6.10 Å².